The number of fused-ring (bicyclic) bond motifs is 4. The van der Waals surface area contributed by atoms with Gasteiger partial charge in [-0.05, 0) is 29.8 Å². The highest BCUT2D eigenvalue weighted by Gasteiger charge is 2.31. The second-order valence-corrected chi connectivity index (χ2v) is 9.50. The summed E-state index contributed by atoms with van der Waals surface area (Å²) in [4.78, 5) is 15.2. The van der Waals surface area contributed by atoms with Crippen LogP contribution in [-0.2, 0) is 10.0 Å². The number of hydrogen-bond acceptors (Lipinski definition) is 8. The first-order valence-electron chi connectivity index (χ1n) is 10.6. The molecule has 34 heavy (non-hydrogen) atoms. The van der Waals surface area contributed by atoms with Crippen LogP contribution in [0.15, 0.2) is 71.9 Å². The van der Waals surface area contributed by atoms with Gasteiger partial charge in [0.05, 0.1) is 16.8 Å². The third-order valence-electron chi connectivity index (χ3n) is 5.54. The zero-order valence-corrected chi connectivity index (χ0v) is 18.8. The monoisotopic (exact) mass is 479 g/mol. The lowest BCUT2D eigenvalue weighted by atomic mass is 10.1. The van der Waals surface area contributed by atoms with Crippen LogP contribution in [0, 0.1) is 10.1 Å². The summed E-state index contributed by atoms with van der Waals surface area (Å²) in [5.41, 5.74) is 2.02. The number of hydrogen-bond donors (Lipinski definition) is 2. The Bertz CT molecular complexity index is 1490. The summed E-state index contributed by atoms with van der Waals surface area (Å²) in [5.74, 6) is 0.713. The van der Waals surface area contributed by atoms with Gasteiger partial charge in [-0.25, -0.2) is 17.9 Å². The molecule has 2 aromatic carbocycles. The van der Waals surface area contributed by atoms with Crippen LogP contribution in [0.1, 0.15) is 0 Å². The average Bonchev–Trinajstić information content (AvgIpc) is 3.26. The lowest BCUT2D eigenvalue weighted by Crippen LogP contribution is -2.38. The highest BCUT2D eigenvalue weighted by Crippen LogP contribution is 2.33. The second kappa shape index (κ2) is 8.72. The molecule has 0 amide bonds. The molecule has 12 heteroatoms. The molecule has 174 valence electrons. The van der Waals surface area contributed by atoms with Crippen LogP contribution in [0.5, 0.6) is 0 Å². The quantitative estimate of drug-likeness (QED) is 0.338. The molecule has 0 saturated carbocycles. The predicted octanol–water partition coefficient (Wildman–Crippen LogP) is 2.51. The molecule has 1 aliphatic rings. The largest absolute Gasteiger partial charge is 0.369 e. The number of anilines is 2. The van der Waals surface area contributed by atoms with Gasteiger partial charge in [-0.15, -0.1) is 0 Å². The van der Waals surface area contributed by atoms with E-state index in [4.69, 9.17) is 0 Å². The number of nitro benzene ring substituents is 1. The van der Waals surface area contributed by atoms with Gasteiger partial charge in [0.25, 0.3) is 15.7 Å². The lowest BCUT2D eigenvalue weighted by Gasteiger charge is -2.25. The zero-order valence-electron chi connectivity index (χ0n) is 18.0. The Morgan fingerprint density at radius 1 is 1.03 bits per heavy atom. The van der Waals surface area contributed by atoms with Crippen LogP contribution in [0.4, 0.5) is 17.2 Å². The molecule has 0 spiro atoms. The molecule has 0 aliphatic carbocycles. The van der Waals surface area contributed by atoms with Gasteiger partial charge in [0.15, 0.2) is 10.5 Å². The van der Waals surface area contributed by atoms with E-state index in [2.05, 4.69) is 20.7 Å². The fourth-order valence-corrected chi connectivity index (χ4v) is 5.53. The third-order valence-corrected chi connectivity index (χ3v) is 7.42. The van der Waals surface area contributed by atoms with Crippen molar-refractivity contribution in [1.82, 2.24) is 19.9 Å². The Hall–Kier alpha value is -4.03. The first-order valence-corrected chi connectivity index (χ1v) is 12.0. The third kappa shape index (κ3) is 3.93. The fraction of sp³-hybridized carbons (Fsp3) is 0.182. The number of benzene rings is 2. The van der Waals surface area contributed by atoms with Crippen LogP contribution >= 0.6 is 0 Å². The predicted molar refractivity (Wildman–Crippen MR) is 127 cm³/mol. The summed E-state index contributed by atoms with van der Waals surface area (Å²) >= 11 is 0. The van der Waals surface area contributed by atoms with E-state index in [9.17, 15) is 18.5 Å². The molecule has 11 nitrogen and oxygen atoms in total. The molecule has 0 radical (unpaired) electrons. The van der Waals surface area contributed by atoms with Gasteiger partial charge in [-0.1, -0.05) is 24.3 Å². The number of aromatic nitrogens is 3. The maximum Gasteiger partial charge on any atom is 0.289 e. The van der Waals surface area contributed by atoms with Crippen LogP contribution < -0.4 is 14.9 Å². The maximum absolute atomic E-state index is 13.7. The van der Waals surface area contributed by atoms with Crippen molar-refractivity contribution in [3.05, 3.63) is 77.1 Å². The van der Waals surface area contributed by atoms with Gasteiger partial charge in [-0.3, -0.25) is 14.4 Å². The van der Waals surface area contributed by atoms with Crippen molar-refractivity contribution in [2.24, 2.45) is 0 Å². The smallest absolute Gasteiger partial charge is 0.289 e. The Morgan fingerprint density at radius 3 is 2.74 bits per heavy atom. The van der Waals surface area contributed by atoms with Crippen LogP contribution in [-0.4, -0.2) is 54.1 Å². The normalized spacial score (nSPS) is 14.5. The van der Waals surface area contributed by atoms with Crippen molar-refractivity contribution in [2.75, 3.05) is 35.8 Å². The van der Waals surface area contributed by atoms with E-state index in [1.807, 2.05) is 18.3 Å². The summed E-state index contributed by atoms with van der Waals surface area (Å²) in [6, 6.07) is 14.2. The standard InChI is InChI=1S/C22H21N7O4S/c30-29(31)19-6-1-2-7-20(19)34(32,33)28-13-11-23-9-10-24-21-8-12-27-22(26-21)18(15-25-27)16-4-3-5-17(28)14-16/h1-8,12,14-15,23H,9-11,13H2,(H,24,26). The Labute approximate surface area is 195 Å². The minimum absolute atomic E-state index is 0.0881. The number of para-hydroxylation sites is 1. The molecule has 4 aromatic rings. The summed E-state index contributed by atoms with van der Waals surface area (Å²) in [6.45, 7) is 1.58. The van der Waals surface area contributed by atoms with Gasteiger partial charge in [0.2, 0.25) is 0 Å². The van der Waals surface area contributed by atoms with Crippen LogP contribution in [0.3, 0.4) is 0 Å². The van der Waals surface area contributed by atoms with Crippen molar-refractivity contribution in [3.63, 3.8) is 0 Å². The molecule has 0 saturated heterocycles. The SMILES string of the molecule is O=[N+]([O-])c1ccccc1S(=O)(=O)N1CCNCCNc2ccn3ncc(c3n2)-c2cccc1c2. The summed E-state index contributed by atoms with van der Waals surface area (Å²) < 4.78 is 30.2. The van der Waals surface area contributed by atoms with Crippen molar-refractivity contribution in [3.8, 4) is 11.1 Å². The molecule has 3 heterocycles. The van der Waals surface area contributed by atoms with Gasteiger partial charge in [0.1, 0.15) is 5.82 Å². The van der Waals surface area contributed by atoms with Gasteiger partial charge >= 0.3 is 0 Å². The van der Waals surface area contributed by atoms with Crippen molar-refractivity contribution in [1.29, 1.82) is 0 Å². The van der Waals surface area contributed by atoms with Crippen molar-refractivity contribution in [2.45, 2.75) is 4.90 Å². The molecule has 4 bridgehead atoms. The van der Waals surface area contributed by atoms with E-state index in [1.165, 1.54) is 28.6 Å². The number of nitro groups is 1. The lowest BCUT2D eigenvalue weighted by molar-refractivity contribution is -0.387. The summed E-state index contributed by atoms with van der Waals surface area (Å²) in [7, 11) is -4.23. The molecule has 0 fully saturated rings. The number of nitrogens with zero attached hydrogens (tertiary/aromatic N) is 5. The van der Waals surface area contributed by atoms with E-state index in [0.717, 1.165) is 11.1 Å². The van der Waals surface area contributed by atoms with Crippen LogP contribution in [0.2, 0.25) is 0 Å². The van der Waals surface area contributed by atoms with E-state index in [1.54, 1.807) is 28.9 Å². The highest BCUT2D eigenvalue weighted by atomic mass is 32.2. The topological polar surface area (TPSA) is 135 Å². The molecule has 2 aromatic heterocycles. The van der Waals surface area contributed by atoms with E-state index in [0.29, 0.717) is 36.8 Å². The van der Waals surface area contributed by atoms with Gasteiger partial charge in [-0.2, -0.15) is 5.10 Å². The minimum Gasteiger partial charge on any atom is -0.369 e. The van der Waals surface area contributed by atoms with E-state index >= 15 is 0 Å². The number of rotatable bonds is 3. The maximum atomic E-state index is 13.7. The molecule has 2 N–H and O–H groups in total. The first kappa shape index (κ1) is 21.8. The van der Waals surface area contributed by atoms with Crippen molar-refractivity contribution >= 4 is 32.9 Å². The highest BCUT2D eigenvalue weighted by molar-refractivity contribution is 7.93. The van der Waals surface area contributed by atoms with Crippen molar-refractivity contribution < 1.29 is 13.3 Å². The molecule has 1 aliphatic heterocycles. The molecular weight excluding hydrogens is 458 g/mol. The first-order chi connectivity index (χ1) is 16.4. The zero-order chi connectivity index (χ0) is 23.7. The summed E-state index contributed by atoms with van der Waals surface area (Å²) in [5, 5.41) is 22.4. The van der Waals surface area contributed by atoms with Gasteiger partial charge in [0, 0.05) is 44.0 Å². The second-order valence-electron chi connectivity index (χ2n) is 7.67. The number of sulfonamides is 1. The summed E-state index contributed by atoms with van der Waals surface area (Å²) in [6.07, 6.45) is 3.49. The van der Waals surface area contributed by atoms with Crippen LogP contribution in [0.25, 0.3) is 16.8 Å². The molecule has 0 unspecified atom stereocenters. The Balaban J connectivity index is 1.66. The minimum atomic E-state index is -4.23. The average molecular weight is 480 g/mol. The Morgan fingerprint density at radius 2 is 1.88 bits per heavy atom. The molecular formula is C22H21N7O4S. The van der Waals surface area contributed by atoms with Gasteiger partial charge < -0.3 is 10.6 Å². The van der Waals surface area contributed by atoms with E-state index < -0.39 is 20.6 Å². The molecule has 0 atom stereocenters. The van der Waals surface area contributed by atoms with E-state index in [-0.39, 0.29) is 11.4 Å². The number of nitrogens with one attached hydrogen (secondary N) is 2. The Kier molecular flexibility index (Phi) is 5.59. The fourth-order valence-electron chi connectivity index (χ4n) is 3.92. The molecule has 5 rings (SSSR count).